The Labute approximate surface area is 87.1 Å². The summed E-state index contributed by atoms with van der Waals surface area (Å²) in [5, 5.41) is 8.93. The molecule has 1 unspecified atom stereocenters. The molecule has 1 aliphatic rings. The number of aliphatic hydroxyl groups excluding tert-OH is 1. The maximum absolute atomic E-state index is 8.93. The number of hydrogen-bond donors (Lipinski definition) is 1. The molecule has 0 aliphatic carbocycles. The molecule has 1 N–H and O–H groups in total. The van der Waals surface area contributed by atoms with Crippen LogP contribution in [0.2, 0.25) is 0 Å². The highest BCUT2D eigenvalue weighted by Gasteiger charge is 2.21. The Bertz CT molecular complexity index is 139. The van der Waals surface area contributed by atoms with Gasteiger partial charge in [-0.3, -0.25) is 4.90 Å². The van der Waals surface area contributed by atoms with E-state index in [9.17, 15) is 0 Å². The molecule has 0 aromatic carbocycles. The molecule has 1 rings (SSSR count). The minimum atomic E-state index is 0.276. The predicted molar refractivity (Wildman–Crippen MR) is 57.4 cm³/mol. The number of hydrogen-bond acceptors (Lipinski definition) is 3. The molecular formula is C11H23NO2. The summed E-state index contributed by atoms with van der Waals surface area (Å²) in [4.78, 5) is 2.47. The van der Waals surface area contributed by atoms with Gasteiger partial charge in [0, 0.05) is 19.2 Å². The van der Waals surface area contributed by atoms with E-state index < -0.39 is 0 Å². The van der Waals surface area contributed by atoms with E-state index in [0.717, 1.165) is 26.2 Å². The fraction of sp³-hybridized carbons (Fsp3) is 1.00. The molecule has 3 nitrogen and oxygen atoms in total. The number of rotatable bonds is 6. The van der Waals surface area contributed by atoms with Gasteiger partial charge in [0.05, 0.1) is 13.2 Å². The number of morpholine rings is 1. The topological polar surface area (TPSA) is 32.7 Å². The van der Waals surface area contributed by atoms with Gasteiger partial charge in [-0.2, -0.15) is 0 Å². The molecular weight excluding hydrogens is 178 g/mol. The van der Waals surface area contributed by atoms with Crippen molar-refractivity contribution in [2.24, 2.45) is 0 Å². The third-order valence-electron chi connectivity index (χ3n) is 2.86. The van der Waals surface area contributed by atoms with Crippen molar-refractivity contribution in [1.82, 2.24) is 4.90 Å². The summed E-state index contributed by atoms with van der Waals surface area (Å²) < 4.78 is 5.42. The van der Waals surface area contributed by atoms with Crippen LogP contribution < -0.4 is 0 Å². The first kappa shape index (κ1) is 12.0. The number of unbranched alkanes of at least 4 members (excludes halogenated alkanes) is 2. The average Bonchev–Trinajstić information content (AvgIpc) is 2.21. The van der Waals surface area contributed by atoms with E-state index in [2.05, 4.69) is 11.8 Å². The minimum Gasteiger partial charge on any atom is -0.396 e. The zero-order valence-electron chi connectivity index (χ0n) is 9.24. The first-order valence-electron chi connectivity index (χ1n) is 5.81. The maximum Gasteiger partial charge on any atom is 0.0623 e. The maximum atomic E-state index is 8.93. The quantitative estimate of drug-likeness (QED) is 0.657. The van der Waals surface area contributed by atoms with Crippen LogP contribution in [0.5, 0.6) is 0 Å². The summed E-state index contributed by atoms with van der Waals surface area (Å²) in [5.41, 5.74) is 0. The molecule has 1 atom stereocenters. The molecule has 0 aromatic rings. The standard InChI is InChI=1S/C11H23NO2/c1-2-3-4-6-12-7-9-14-10-11(12)5-8-13/h11,13H,2-10H2,1H3. The van der Waals surface area contributed by atoms with Gasteiger partial charge < -0.3 is 9.84 Å². The van der Waals surface area contributed by atoms with Crippen LogP contribution in [0.1, 0.15) is 32.6 Å². The highest BCUT2D eigenvalue weighted by molar-refractivity contribution is 4.74. The zero-order chi connectivity index (χ0) is 10.2. The highest BCUT2D eigenvalue weighted by atomic mass is 16.5. The van der Waals surface area contributed by atoms with E-state index in [4.69, 9.17) is 9.84 Å². The Morgan fingerprint density at radius 1 is 1.43 bits per heavy atom. The molecule has 1 heterocycles. The van der Waals surface area contributed by atoms with Crippen molar-refractivity contribution in [3.63, 3.8) is 0 Å². The highest BCUT2D eigenvalue weighted by Crippen LogP contribution is 2.11. The van der Waals surface area contributed by atoms with Crippen LogP contribution in [0.15, 0.2) is 0 Å². The molecule has 0 bridgehead atoms. The molecule has 84 valence electrons. The van der Waals surface area contributed by atoms with Crippen molar-refractivity contribution in [3.8, 4) is 0 Å². The van der Waals surface area contributed by atoms with Gasteiger partial charge in [-0.1, -0.05) is 19.8 Å². The Kier molecular flexibility index (Phi) is 6.15. The van der Waals surface area contributed by atoms with Crippen LogP contribution in [0.4, 0.5) is 0 Å². The first-order valence-corrected chi connectivity index (χ1v) is 5.81. The predicted octanol–water partition coefficient (Wildman–Crippen LogP) is 1.26. The van der Waals surface area contributed by atoms with E-state index in [-0.39, 0.29) is 6.61 Å². The van der Waals surface area contributed by atoms with Crippen LogP contribution in [-0.4, -0.2) is 49.0 Å². The lowest BCUT2D eigenvalue weighted by atomic mass is 10.1. The molecule has 0 radical (unpaired) electrons. The fourth-order valence-corrected chi connectivity index (χ4v) is 1.96. The summed E-state index contributed by atoms with van der Waals surface area (Å²) in [7, 11) is 0. The van der Waals surface area contributed by atoms with E-state index >= 15 is 0 Å². The summed E-state index contributed by atoms with van der Waals surface area (Å²) in [6, 6.07) is 0.450. The molecule has 1 fully saturated rings. The molecule has 0 aromatic heterocycles. The largest absolute Gasteiger partial charge is 0.396 e. The second kappa shape index (κ2) is 7.21. The van der Waals surface area contributed by atoms with Crippen molar-refractivity contribution < 1.29 is 9.84 Å². The Morgan fingerprint density at radius 2 is 2.29 bits per heavy atom. The minimum absolute atomic E-state index is 0.276. The summed E-state index contributed by atoms with van der Waals surface area (Å²) >= 11 is 0. The third kappa shape index (κ3) is 3.95. The van der Waals surface area contributed by atoms with Gasteiger partial charge in [0.1, 0.15) is 0 Å². The van der Waals surface area contributed by atoms with Crippen molar-refractivity contribution in [2.45, 2.75) is 38.6 Å². The summed E-state index contributed by atoms with van der Waals surface area (Å²) in [5.74, 6) is 0. The first-order chi connectivity index (χ1) is 6.88. The van der Waals surface area contributed by atoms with Crippen molar-refractivity contribution >= 4 is 0 Å². The Morgan fingerprint density at radius 3 is 3.00 bits per heavy atom. The normalized spacial score (nSPS) is 24.0. The Balaban J connectivity index is 2.22. The van der Waals surface area contributed by atoms with Crippen molar-refractivity contribution in [3.05, 3.63) is 0 Å². The van der Waals surface area contributed by atoms with E-state index in [1.807, 2.05) is 0 Å². The lowest BCUT2D eigenvalue weighted by Crippen LogP contribution is -2.46. The number of aliphatic hydroxyl groups is 1. The summed E-state index contributed by atoms with van der Waals surface area (Å²) in [6.45, 7) is 6.36. The van der Waals surface area contributed by atoms with Crippen LogP contribution >= 0.6 is 0 Å². The van der Waals surface area contributed by atoms with Gasteiger partial charge in [0.25, 0.3) is 0 Å². The third-order valence-corrected chi connectivity index (χ3v) is 2.86. The number of ether oxygens (including phenoxy) is 1. The van der Waals surface area contributed by atoms with Crippen LogP contribution in [0.3, 0.4) is 0 Å². The number of nitrogens with zero attached hydrogens (tertiary/aromatic N) is 1. The van der Waals surface area contributed by atoms with Crippen LogP contribution in [0.25, 0.3) is 0 Å². The van der Waals surface area contributed by atoms with Gasteiger partial charge in [0.2, 0.25) is 0 Å². The molecule has 0 spiro atoms. The second-order valence-corrected chi connectivity index (χ2v) is 3.98. The zero-order valence-corrected chi connectivity index (χ0v) is 9.24. The lowest BCUT2D eigenvalue weighted by Gasteiger charge is -2.35. The van der Waals surface area contributed by atoms with E-state index in [1.165, 1.54) is 25.8 Å². The fourth-order valence-electron chi connectivity index (χ4n) is 1.96. The smallest absolute Gasteiger partial charge is 0.0623 e. The Hall–Kier alpha value is -0.120. The molecule has 0 amide bonds. The molecule has 0 saturated carbocycles. The van der Waals surface area contributed by atoms with Crippen molar-refractivity contribution in [2.75, 3.05) is 32.9 Å². The molecule has 14 heavy (non-hydrogen) atoms. The van der Waals surface area contributed by atoms with Gasteiger partial charge >= 0.3 is 0 Å². The monoisotopic (exact) mass is 201 g/mol. The lowest BCUT2D eigenvalue weighted by molar-refractivity contribution is -0.0160. The van der Waals surface area contributed by atoms with Gasteiger partial charge in [0.15, 0.2) is 0 Å². The molecule has 1 saturated heterocycles. The van der Waals surface area contributed by atoms with E-state index in [1.54, 1.807) is 0 Å². The second-order valence-electron chi connectivity index (χ2n) is 3.98. The molecule has 3 heteroatoms. The molecule has 1 aliphatic heterocycles. The van der Waals surface area contributed by atoms with Gasteiger partial charge in [-0.05, 0) is 19.4 Å². The van der Waals surface area contributed by atoms with Gasteiger partial charge in [-0.15, -0.1) is 0 Å². The van der Waals surface area contributed by atoms with Crippen molar-refractivity contribution in [1.29, 1.82) is 0 Å². The summed E-state index contributed by atoms with van der Waals surface area (Å²) in [6.07, 6.45) is 4.71. The van der Waals surface area contributed by atoms with Gasteiger partial charge in [-0.25, -0.2) is 0 Å². The van der Waals surface area contributed by atoms with Crippen LogP contribution in [0, 0.1) is 0 Å². The van der Waals surface area contributed by atoms with E-state index in [0.29, 0.717) is 6.04 Å². The van der Waals surface area contributed by atoms with Crippen LogP contribution in [-0.2, 0) is 4.74 Å². The SMILES string of the molecule is CCCCCN1CCOCC1CCO. The average molecular weight is 201 g/mol.